The van der Waals surface area contributed by atoms with E-state index >= 15 is 0 Å². The van der Waals surface area contributed by atoms with Crippen LogP contribution in [-0.4, -0.2) is 17.9 Å². The standard InChI is InChI=1S/C15H15ClN2O2/c1-10(14-8-7-13(20-2)9-15(14)19)17-18-12-5-3-11(16)4-6-12/h3-9,18-19H,1-2H3/b17-10+. The summed E-state index contributed by atoms with van der Waals surface area (Å²) in [5.74, 6) is 0.730. The second-order valence-corrected chi connectivity index (χ2v) is 4.64. The molecule has 2 aromatic rings. The Bertz CT molecular complexity index is 624. The first-order valence-corrected chi connectivity index (χ1v) is 6.41. The molecule has 2 rings (SSSR count). The zero-order chi connectivity index (χ0) is 14.5. The monoisotopic (exact) mass is 290 g/mol. The van der Waals surface area contributed by atoms with Crippen molar-refractivity contribution >= 4 is 23.0 Å². The first-order valence-electron chi connectivity index (χ1n) is 6.03. The Balaban J connectivity index is 2.16. The minimum Gasteiger partial charge on any atom is -0.507 e. The van der Waals surface area contributed by atoms with Crippen LogP contribution in [0.4, 0.5) is 5.69 Å². The number of hydrogen-bond acceptors (Lipinski definition) is 4. The number of phenols is 1. The molecule has 0 unspecified atom stereocenters. The SMILES string of the molecule is COc1ccc(/C(C)=N/Nc2ccc(Cl)cc2)c(O)c1. The second kappa shape index (κ2) is 6.30. The molecule has 2 aromatic carbocycles. The van der Waals surface area contributed by atoms with Gasteiger partial charge in [-0.25, -0.2) is 0 Å². The van der Waals surface area contributed by atoms with Crippen molar-refractivity contribution < 1.29 is 9.84 Å². The van der Waals surface area contributed by atoms with Crippen LogP contribution in [0.15, 0.2) is 47.6 Å². The summed E-state index contributed by atoms with van der Waals surface area (Å²) < 4.78 is 5.04. The molecule has 20 heavy (non-hydrogen) atoms. The Morgan fingerprint density at radius 3 is 2.50 bits per heavy atom. The zero-order valence-corrected chi connectivity index (χ0v) is 12.0. The molecule has 0 aromatic heterocycles. The van der Waals surface area contributed by atoms with E-state index in [1.807, 2.05) is 19.1 Å². The molecule has 0 bridgehead atoms. The number of halogens is 1. The summed E-state index contributed by atoms with van der Waals surface area (Å²) in [6.07, 6.45) is 0. The van der Waals surface area contributed by atoms with Crippen molar-refractivity contribution in [2.24, 2.45) is 5.10 Å². The molecule has 0 radical (unpaired) electrons. The van der Waals surface area contributed by atoms with Gasteiger partial charge in [0.05, 0.1) is 18.5 Å². The number of aromatic hydroxyl groups is 1. The van der Waals surface area contributed by atoms with Gasteiger partial charge >= 0.3 is 0 Å². The van der Waals surface area contributed by atoms with Crippen molar-refractivity contribution in [1.29, 1.82) is 0 Å². The first kappa shape index (κ1) is 14.2. The highest BCUT2D eigenvalue weighted by Crippen LogP contribution is 2.24. The summed E-state index contributed by atoms with van der Waals surface area (Å²) in [6, 6.07) is 12.3. The van der Waals surface area contributed by atoms with Crippen molar-refractivity contribution in [3.8, 4) is 11.5 Å². The van der Waals surface area contributed by atoms with E-state index in [2.05, 4.69) is 10.5 Å². The van der Waals surface area contributed by atoms with E-state index in [-0.39, 0.29) is 5.75 Å². The van der Waals surface area contributed by atoms with E-state index in [0.717, 1.165) is 5.69 Å². The average molecular weight is 291 g/mol. The Kier molecular flexibility index (Phi) is 4.48. The van der Waals surface area contributed by atoms with Crippen LogP contribution in [-0.2, 0) is 0 Å². The van der Waals surface area contributed by atoms with Crippen LogP contribution in [0.3, 0.4) is 0 Å². The van der Waals surface area contributed by atoms with Crippen molar-refractivity contribution in [2.45, 2.75) is 6.92 Å². The quantitative estimate of drug-likeness (QED) is 0.663. The summed E-state index contributed by atoms with van der Waals surface area (Å²) in [4.78, 5) is 0. The van der Waals surface area contributed by atoms with Gasteiger partial charge in [0.1, 0.15) is 11.5 Å². The lowest BCUT2D eigenvalue weighted by Gasteiger charge is -2.07. The highest BCUT2D eigenvalue weighted by Gasteiger charge is 2.06. The van der Waals surface area contributed by atoms with E-state index < -0.39 is 0 Å². The molecule has 0 spiro atoms. The van der Waals surface area contributed by atoms with Crippen LogP contribution in [0.1, 0.15) is 12.5 Å². The number of hydrogen-bond donors (Lipinski definition) is 2. The number of anilines is 1. The number of ether oxygens (including phenoxy) is 1. The molecule has 0 aliphatic rings. The number of methoxy groups -OCH3 is 1. The smallest absolute Gasteiger partial charge is 0.128 e. The third kappa shape index (κ3) is 3.42. The van der Waals surface area contributed by atoms with Gasteiger partial charge in [0, 0.05) is 16.7 Å². The van der Waals surface area contributed by atoms with Crippen LogP contribution in [0, 0.1) is 0 Å². The Labute approximate surface area is 122 Å². The van der Waals surface area contributed by atoms with Gasteiger partial charge in [-0.1, -0.05) is 11.6 Å². The fourth-order valence-corrected chi connectivity index (χ4v) is 1.80. The van der Waals surface area contributed by atoms with E-state index in [0.29, 0.717) is 22.0 Å². The average Bonchev–Trinajstić information content (AvgIpc) is 2.46. The Hall–Kier alpha value is -2.20. The normalized spacial score (nSPS) is 11.2. The van der Waals surface area contributed by atoms with Crippen LogP contribution in [0.2, 0.25) is 5.02 Å². The van der Waals surface area contributed by atoms with Crippen molar-refractivity contribution in [3.05, 3.63) is 53.1 Å². The maximum absolute atomic E-state index is 9.92. The molecule has 0 fully saturated rings. The molecule has 0 heterocycles. The summed E-state index contributed by atoms with van der Waals surface area (Å²) in [5, 5.41) is 14.8. The first-order chi connectivity index (χ1) is 9.60. The molecular formula is C15H15ClN2O2. The Morgan fingerprint density at radius 2 is 1.90 bits per heavy atom. The van der Waals surface area contributed by atoms with Crippen molar-refractivity contribution in [1.82, 2.24) is 0 Å². The van der Waals surface area contributed by atoms with Gasteiger partial charge in [0.25, 0.3) is 0 Å². The molecule has 0 saturated heterocycles. The number of hydrazone groups is 1. The van der Waals surface area contributed by atoms with Crippen LogP contribution in [0.5, 0.6) is 11.5 Å². The summed E-state index contributed by atoms with van der Waals surface area (Å²) in [6.45, 7) is 1.81. The number of nitrogens with zero attached hydrogens (tertiary/aromatic N) is 1. The third-order valence-electron chi connectivity index (χ3n) is 2.79. The zero-order valence-electron chi connectivity index (χ0n) is 11.2. The number of benzene rings is 2. The van der Waals surface area contributed by atoms with Gasteiger partial charge in [-0.3, -0.25) is 5.43 Å². The van der Waals surface area contributed by atoms with E-state index in [4.69, 9.17) is 16.3 Å². The maximum Gasteiger partial charge on any atom is 0.128 e. The van der Waals surface area contributed by atoms with Crippen LogP contribution >= 0.6 is 11.6 Å². The summed E-state index contributed by atoms with van der Waals surface area (Å²) >= 11 is 5.81. The second-order valence-electron chi connectivity index (χ2n) is 4.20. The van der Waals surface area contributed by atoms with Gasteiger partial charge in [0.2, 0.25) is 0 Å². The predicted octanol–water partition coefficient (Wildman–Crippen LogP) is 3.89. The van der Waals surface area contributed by atoms with Crippen LogP contribution < -0.4 is 10.2 Å². The summed E-state index contributed by atoms with van der Waals surface area (Å²) in [5.41, 5.74) is 5.05. The number of phenolic OH excluding ortho intramolecular Hbond substituents is 1. The minimum absolute atomic E-state index is 0.128. The van der Waals surface area contributed by atoms with E-state index in [1.165, 1.54) is 0 Å². The fraction of sp³-hybridized carbons (Fsp3) is 0.133. The fourth-order valence-electron chi connectivity index (χ4n) is 1.68. The van der Waals surface area contributed by atoms with E-state index in [9.17, 15) is 5.11 Å². The topological polar surface area (TPSA) is 53.8 Å². The molecule has 5 heteroatoms. The van der Waals surface area contributed by atoms with Gasteiger partial charge in [0.15, 0.2) is 0 Å². The number of nitrogens with one attached hydrogen (secondary N) is 1. The van der Waals surface area contributed by atoms with Gasteiger partial charge in [-0.2, -0.15) is 5.10 Å². The lowest BCUT2D eigenvalue weighted by molar-refractivity contribution is 0.407. The molecule has 0 amide bonds. The van der Waals surface area contributed by atoms with Crippen molar-refractivity contribution in [3.63, 3.8) is 0 Å². The minimum atomic E-state index is 0.128. The van der Waals surface area contributed by atoms with Crippen molar-refractivity contribution in [2.75, 3.05) is 12.5 Å². The molecule has 0 atom stereocenters. The van der Waals surface area contributed by atoms with E-state index in [1.54, 1.807) is 37.4 Å². The highest BCUT2D eigenvalue weighted by molar-refractivity contribution is 6.30. The molecule has 104 valence electrons. The van der Waals surface area contributed by atoms with Gasteiger partial charge in [-0.15, -0.1) is 0 Å². The molecule has 2 N–H and O–H groups in total. The van der Waals surface area contributed by atoms with Gasteiger partial charge < -0.3 is 9.84 Å². The number of rotatable bonds is 4. The largest absolute Gasteiger partial charge is 0.507 e. The predicted molar refractivity (Wildman–Crippen MR) is 81.9 cm³/mol. The van der Waals surface area contributed by atoms with Gasteiger partial charge in [-0.05, 0) is 43.3 Å². The lowest BCUT2D eigenvalue weighted by atomic mass is 10.1. The summed E-state index contributed by atoms with van der Waals surface area (Å²) in [7, 11) is 1.55. The molecule has 0 aliphatic carbocycles. The van der Waals surface area contributed by atoms with Crippen LogP contribution in [0.25, 0.3) is 0 Å². The Morgan fingerprint density at radius 1 is 1.20 bits per heavy atom. The molecule has 0 saturated carbocycles. The maximum atomic E-state index is 9.92. The lowest BCUT2D eigenvalue weighted by Crippen LogP contribution is -2.00. The molecular weight excluding hydrogens is 276 g/mol. The third-order valence-corrected chi connectivity index (χ3v) is 3.04. The molecule has 4 nitrogen and oxygen atoms in total. The molecule has 0 aliphatic heterocycles. The highest BCUT2D eigenvalue weighted by atomic mass is 35.5.